The van der Waals surface area contributed by atoms with Crippen LogP contribution in [0.15, 0.2) is 42.5 Å². The lowest BCUT2D eigenvalue weighted by molar-refractivity contribution is -0.141. The van der Waals surface area contributed by atoms with E-state index in [4.69, 9.17) is 14.2 Å². The molecule has 2 saturated carbocycles. The molecular weight excluding hydrogens is 407 g/mol. The molecule has 0 amide bonds. The van der Waals surface area contributed by atoms with Crippen LogP contribution in [0.3, 0.4) is 0 Å². The normalized spacial score (nSPS) is 21.6. The Kier molecular flexibility index (Phi) is 7.33. The molecule has 2 fully saturated rings. The van der Waals surface area contributed by atoms with E-state index in [1.54, 1.807) is 13.2 Å². The Bertz CT molecular complexity index is 916. The van der Waals surface area contributed by atoms with Crippen LogP contribution in [0.5, 0.6) is 11.5 Å². The van der Waals surface area contributed by atoms with Crippen molar-refractivity contribution >= 4 is 5.97 Å². The third-order valence-corrected chi connectivity index (χ3v) is 7.07. The van der Waals surface area contributed by atoms with E-state index in [1.165, 1.54) is 26.0 Å². The summed E-state index contributed by atoms with van der Waals surface area (Å²) in [7, 11) is 3.06. The van der Waals surface area contributed by atoms with Crippen molar-refractivity contribution in [1.82, 2.24) is 0 Å². The van der Waals surface area contributed by atoms with Crippen LogP contribution in [-0.4, -0.2) is 26.8 Å². The molecule has 2 aromatic carbocycles. The summed E-state index contributed by atoms with van der Waals surface area (Å²) in [6.45, 7) is 0.669. The largest absolute Gasteiger partial charge is 0.497 e. The molecule has 0 aromatic heterocycles. The number of benzene rings is 2. The summed E-state index contributed by atoms with van der Waals surface area (Å²) in [5.74, 6) is 2.76. The highest BCUT2D eigenvalue weighted by Crippen LogP contribution is 2.45. The van der Waals surface area contributed by atoms with Crippen molar-refractivity contribution in [1.29, 1.82) is 0 Å². The predicted octanol–water partition coefficient (Wildman–Crippen LogP) is 6.24. The van der Waals surface area contributed by atoms with Crippen LogP contribution < -0.4 is 9.47 Å². The highest BCUT2D eigenvalue weighted by Gasteiger charge is 2.34. The first kappa shape index (κ1) is 22.6. The zero-order valence-corrected chi connectivity index (χ0v) is 19.0. The highest BCUT2D eigenvalue weighted by atomic mass is 19.1. The van der Waals surface area contributed by atoms with Gasteiger partial charge in [0.2, 0.25) is 0 Å². The van der Waals surface area contributed by atoms with Crippen LogP contribution in [0.1, 0.15) is 67.9 Å². The van der Waals surface area contributed by atoms with Gasteiger partial charge in [0.25, 0.3) is 0 Å². The van der Waals surface area contributed by atoms with Gasteiger partial charge >= 0.3 is 5.97 Å². The average molecular weight is 441 g/mol. The maximum Gasteiger partial charge on any atom is 0.306 e. The molecule has 4 rings (SSSR count). The van der Waals surface area contributed by atoms with Gasteiger partial charge in [0.05, 0.1) is 27.2 Å². The van der Waals surface area contributed by atoms with Gasteiger partial charge in [0.15, 0.2) is 0 Å². The molecule has 0 bridgehead atoms. The van der Waals surface area contributed by atoms with E-state index in [2.05, 4.69) is 12.1 Å². The van der Waals surface area contributed by atoms with Crippen molar-refractivity contribution in [2.24, 2.45) is 11.8 Å². The zero-order chi connectivity index (χ0) is 22.5. The maximum absolute atomic E-state index is 14.3. The number of rotatable bonds is 9. The van der Waals surface area contributed by atoms with Crippen LogP contribution in [-0.2, 0) is 9.53 Å². The van der Waals surface area contributed by atoms with Crippen LogP contribution in [0.25, 0.3) is 0 Å². The van der Waals surface area contributed by atoms with Crippen molar-refractivity contribution in [3.8, 4) is 11.5 Å². The summed E-state index contributed by atoms with van der Waals surface area (Å²) in [6.07, 6.45) is 6.73. The second-order valence-corrected chi connectivity index (χ2v) is 9.21. The lowest BCUT2D eigenvalue weighted by atomic mass is 9.79. The number of halogens is 1. The molecule has 172 valence electrons. The molecule has 5 heteroatoms. The van der Waals surface area contributed by atoms with Gasteiger partial charge < -0.3 is 14.2 Å². The van der Waals surface area contributed by atoms with Crippen LogP contribution in [0.4, 0.5) is 4.39 Å². The molecule has 0 unspecified atom stereocenters. The molecule has 32 heavy (non-hydrogen) atoms. The lowest BCUT2D eigenvalue weighted by Gasteiger charge is -2.29. The van der Waals surface area contributed by atoms with Gasteiger partial charge in [-0.3, -0.25) is 4.79 Å². The monoisotopic (exact) mass is 440 g/mol. The standard InChI is InChI=1S/C27H33FO4/c1-30-22-12-13-26(28)25(15-22)20-8-6-18(7-9-20)17-32-23-5-3-4-21(14-23)24(19-10-11-19)16-27(29)31-2/h3-5,12-15,18-20,24H,6-11,16-17H2,1-2H3/t18?,20?,24-/m0/s1. The highest BCUT2D eigenvalue weighted by molar-refractivity contribution is 5.70. The predicted molar refractivity (Wildman–Crippen MR) is 122 cm³/mol. The van der Waals surface area contributed by atoms with E-state index in [9.17, 15) is 9.18 Å². The topological polar surface area (TPSA) is 44.8 Å². The van der Waals surface area contributed by atoms with Gasteiger partial charge in [0.1, 0.15) is 17.3 Å². The minimum Gasteiger partial charge on any atom is -0.497 e. The van der Waals surface area contributed by atoms with E-state index in [-0.39, 0.29) is 23.6 Å². The number of esters is 1. The Balaban J connectivity index is 1.31. The van der Waals surface area contributed by atoms with Gasteiger partial charge in [-0.05, 0) is 104 Å². The summed E-state index contributed by atoms with van der Waals surface area (Å²) >= 11 is 0. The minimum absolute atomic E-state index is 0.139. The van der Waals surface area contributed by atoms with E-state index < -0.39 is 0 Å². The van der Waals surface area contributed by atoms with Crippen molar-refractivity contribution in [2.75, 3.05) is 20.8 Å². The molecule has 0 saturated heterocycles. The molecule has 2 aliphatic carbocycles. The fourth-order valence-electron chi connectivity index (χ4n) is 4.97. The average Bonchev–Trinajstić information content (AvgIpc) is 3.67. The Morgan fingerprint density at radius 3 is 2.47 bits per heavy atom. The second kappa shape index (κ2) is 10.4. The van der Waals surface area contributed by atoms with Crippen molar-refractivity contribution in [2.45, 2.75) is 56.8 Å². The number of carbonyl (C=O) groups is 1. The first-order valence-corrected chi connectivity index (χ1v) is 11.7. The summed E-state index contributed by atoms with van der Waals surface area (Å²) in [5, 5.41) is 0. The molecule has 0 spiro atoms. The van der Waals surface area contributed by atoms with E-state index in [0.29, 0.717) is 30.6 Å². The molecule has 2 aliphatic rings. The first-order chi connectivity index (χ1) is 15.6. The van der Waals surface area contributed by atoms with E-state index in [1.807, 2.05) is 18.2 Å². The Hall–Kier alpha value is -2.56. The SMILES string of the molecule is COC(=O)C[C@H](c1cccc(OCC2CCC(c3cc(OC)ccc3F)CC2)c1)C1CC1. The number of ether oxygens (including phenoxy) is 3. The van der Waals surface area contributed by atoms with Gasteiger partial charge in [-0.25, -0.2) is 4.39 Å². The summed E-state index contributed by atoms with van der Waals surface area (Å²) in [6, 6.07) is 13.2. The maximum atomic E-state index is 14.3. The van der Waals surface area contributed by atoms with Crippen molar-refractivity contribution < 1.29 is 23.4 Å². The minimum atomic E-state index is -0.155. The fourth-order valence-corrected chi connectivity index (χ4v) is 4.97. The molecule has 0 aliphatic heterocycles. The Morgan fingerprint density at radius 2 is 1.78 bits per heavy atom. The van der Waals surface area contributed by atoms with Gasteiger partial charge in [0, 0.05) is 0 Å². The van der Waals surface area contributed by atoms with E-state index in [0.717, 1.165) is 42.6 Å². The smallest absolute Gasteiger partial charge is 0.306 e. The molecule has 4 nitrogen and oxygen atoms in total. The van der Waals surface area contributed by atoms with Gasteiger partial charge in [-0.1, -0.05) is 12.1 Å². The molecule has 0 N–H and O–H groups in total. The lowest BCUT2D eigenvalue weighted by Crippen LogP contribution is -2.20. The molecule has 0 heterocycles. The van der Waals surface area contributed by atoms with Crippen molar-refractivity contribution in [3.63, 3.8) is 0 Å². The first-order valence-electron chi connectivity index (χ1n) is 11.7. The zero-order valence-electron chi connectivity index (χ0n) is 19.0. The van der Waals surface area contributed by atoms with Crippen LogP contribution >= 0.6 is 0 Å². The third-order valence-electron chi connectivity index (χ3n) is 7.07. The second-order valence-electron chi connectivity index (χ2n) is 9.21. The van der Waals surface area contributed by atoms with Gasteiger partial charge in [-0.2, -0.15) is 0 Å². The van der Waals surface area contributed by atoms with Gasteiger partial charge in [-0.15, -0.1) is 0 Å². The molecule has 1 atom stereocenters. The third kappa shape index (κ3) is 5.62. The molecule has 0 radical (unpaired) electrons. The van der Waals surface area contributed by atoms with Crippen LogP contribution in [0.2, 0.25) is 0 Å². The summed E-state index contributed by atoms with van der Waals surface area (Å²) in [4.78, 5) is 11.8. The molecular formula is C27H33FO4. The molecule has 2 aromatic rings. The quantitative estimate of drug-likeness (QED) is 0.433. The number of hydrogen-bond donors (Lipinski definition) is 0. The summed E-state index contributed by atoms with van der Waals surface area (Å²) in [5.41, 5.74) is 1.93. The fraction of sp³-hybridized carbons (Fsp3) is 0.519. The number of hydrogen-bond acceptors (Lipinski definition) is 4. The van der Waals surface area contributed by atoms with Crippen LogP contribution in [0, 0.1) is 17.7 Å². The number of methoxy groups -OCH3 is 2. The van der Waals surface area contributed by atoms with Crippen molar-refractivity contribution in [3.05, 3.63) is 59.4 Å². The Labute approximate surface area is 190 Å². The Morgan fingerprint density at radius 1 is 1.00 bits per heavy atom. The van der Waals surface area contributed by atoms with E-state index >= 15 is 0 Å². The summed E-state index contributed by atoms with van der Waals surface area (Å²) < 4.78 is 30.6. The number of carbonyl (C=O) groups excluding carboxylic acids is 1.